The molecule has 0 atom stereocenters. The lowest BCUT2D eigenvalue weighted by Gasteiger charge is -2.11. The average molecular weight is 341 g/mol. The highest BCUT2D eigenvalue weighted by atomic mass is 35.5. The van der Waals surface area contributed by atoms with Gasteiger partial charge in [-0.15, -0.1) is 0 Å². The van der Waals surface area contributed by atoms with Gasteiger partial charge in [-0.2, -0.15) is 13.2 Å². The number of anilines is 1. The van der Waals surface area contributed by atoms with Gasteiger partial charge in [0.05, 0.1) is 16.3 Å². The number of amides is 2. The van der Waals surface area contributed by atoms with E-state index in [1.807, 2.05) is 30.3 Å². The monoisotopic (exact) mass is 340 g/mol. The number of carbonyl (C=O) groups is 1. The van der Waals surface area contributed by atoms with Gasteiger partial charge in [0.15, 0.2) is 0 Å². The van der Waals surface area contributed by atoms with Gasteiger partial charge in [0, 0.05) is 6.20 Å². The molecule has 23 heavy (non-hydrogen) atoms. The summed E-state index contributed by atoms with van der Waals surface area (Å²) in [6, 6.07) is 11.2. The zero-order valence-electron chi connectivity index (χ0n) is 11.7. The van der Waals surface area contributed by atoms with Crippen molar-refractivity contribution in [3.63, 3.8) is 0 Å². The number of carbonyl (C=O) groups excluding carboxylic acids is 1. The summed E-state index contributed by atoms with van der Waals surface area (Å²) in [6.45, 7) is 0. The van der Waals surface area contributed by atoms with E-state index >= 15 is 0 Å². The quantitative estimate of drug-likeness (QED) is 0.797. The molecule has 0 bridgehead atoms. The van der Waals surface area contributed by atoms with E-state index in [-0.39, 0.29) is 10.7 Å². The maximum absolute atomic E-state index is 12.6. The van der Waals surface area contributed by atoms with Gasteiger partial charge in [-0.3, -0.25) is 0 Å². The van der Waals surface area contributed by atoms with Crippen LogP contribution in [0.4, 0.5) is 23.7 Å². The number of halogens is 4. The van der Waals surface area contributed by atoms with E-state index in [1.165, 1.54) is 6.20 Å². The SMILES string of the molecule is O=C(N/C=C/c1ccccc1)Nc1cc(C(F)(F)F)ccc1Cl. The molecule has 0 unspecified atom stereocenters. The summed E-state index contributed by atoms with van der Waals surface area (Å²) < 4.78 is 37.9. The van der Waals surface area contributed by atoms with Gasteiger partial charge >= 0.3 is 12.2 Å². The molecule has 2 aromatic carbocycles. The van der Waals surface area contributed by atoms with E-state index in [0.717, 1.165) is 23.8 Å². The lowest BCUT2D eigenvalue weighted by Crippen LogP contribution is -2.24. The molecule has 7 heteroatoms. The Balaban J connectivity index is 2.01. The minimum absolute atomic E-state index is 0.0141. The van der Waals surface area contributed by atoms with Gasteiger partial charge in [-0.1, -0.05) is 41.9 Å². The van der Waals surface area contributed by atoms with Gasteiger partial charge in [0.25, 0.3) is 0 Å². The minimum atomic E-state index is -4.51. The maximum atomic E-state index is 12.6. The zero-order valence-corrected chi connectivity index (χ0v) is 12.4. The Kier molecular flexibility index (Phi) is 5.28. The Morgan fingerprint density at radius 1 is 1.09 bits per heavy atom. The Hall–Kier alpha value is -2.47. The van der Waals surface area contributed by atoms with E-state index in [1.54, 1.807) is 6.08 Å². The Bertz CT molecular complexity index is 715. The fourth-order valence-electron chi connectivity index (χ4n) is 1.73. The molecule has 2 amide bonds. The third kappa shape index (κ3) is 5.03. The van der Waals surface area contributed by atoms with Crippen LogP contribution in [0.15, 0.2) is 54.7 Å². The zero-order chi connectivity index (χ0) is 16.9. The molecule has 3 nitrogen and oxygen atoms in total. The van der Waals surface area contributed by atoms with Crippen LogP contribution in [0, 0.1) is 0 Å². The summed E-state index contributed by atoms with van der Waals surface area (Å²) in [7, 11) is 0. The third-order valence-corrected chi connectivity index (χ3v) is 3.16. The molecule has 0 saturated heterocycles. The molecule has 2 N–H and O–H groups in total. The van der Waals surface area contributed by atoms with Crippen LogP contribution < -0.4 is 10.6 Å². The molecule has 0 spiro atoms. The minimum Gasteiger partial charge on any atom is -0.314 e. The molecule has 2 aromatic rings. The van der Waals surface area contributed by atoms with Crippen LogP contribution in [0.2, 0.25) is 5.02 Å². The maximum Gasteiger partial charge on any atom is 0.416 e. The molecular formula is C16H12ClF3N2O. The fourth-order valence-corrected chi connectivity index (χ4v) is 1.90. The van der Waals surface area contributed by atoms with Crippen molar-refractivity contribution in [1.29, 1.82) is 0 Å². The molecule has 0 saturated carbocycles. The van der Waals surface area contributed by atoms with Gasteiger partial charge in [0.2, 0.25) is 0 Å². The summed E-state index contributed by atoms with van der Waals surface area (Å²) in [4.78, 5) is 11.7. The van der Waals surface area contributed by atoms with Gasteiger partial charge in [-0.05, 0) is 29.8 Å². The van der Waals surface area contributed by atoms with Crippen LogP contribution in [0.1, 0.15) is 11.1 Å². The number of rotatable bonds is 3. The first-order valence-electron chi connectivity index (χ1n) is 6.52. The van der Waals surface area contributed by atoms with E-state index in [9.17, 15) is 18.0 Å². The van der Waals surface area contributed by atoms with Crippen molar-refractivity contribution >= 4 is 29.4 Å². The first kappa shape index (κ1) is 16.9. The number of benzene rings is 2. The Labute approximate surface area is 135 Å². The van der Waals surface area contributed by atoms with Gasteiger partial charge in [-0.25, -0.2) is 4.79 Å². The molecule has 0 aliphatic rings. The lowest BCUT2D eigenvalue weighted by atomic mass is 10.2. The molecule has 0 aliphatic heterocycles. The molecular weight excluding hydrogens is 329 g/mol. The molecule has 0 heterocycles. The second kappa shape index (κ2) is 7.19. The molecule has 0 aromatic heterocycles. The van der Waals surface area contributed by atoms with E-state index in [4.69, 9.17) is 11.6 Å². The summed E-state index contributed by atoms with van der Waals surface area (Å²) in [6.07, 6.45) is -1.48. The first-order valence-corrected chi connectivity index (χ1v) is 6.90. The van der Waals surface area contributed by atoms with Crippen molar-refractivity contribution < 1.29 is 18.0 Å². The van der Waals surface area contributed by atoms with Gasteiger partial charge < -0.3 is 10.6 Å². The normalized spacial score (nSPS) is 11.5. The van der Waals surface area contributed by atoms with Crippen molar-refractivity contribution in [2.24, 2.45) is 0 Å². The average Bonchev–Trinajstić information content (AvgIpc) is 2.49. The molecule has 0 aliphatic carbocycles. The smallest absolute Gasteiger partial charge is 0.314 e. The van der Waals surface area contributed by atoms with Crippen LogP contribution >= 0.6 is 11.6 Å². The molecule has 0 radical (unpaired) electrons. The number of hydrogen-bond donors (Lipinski definition) is 2. The summed E-state index contributed by atoms with van der Waals surface area (Å²) in [5, 5.41) is 4.68. The summed E-state index contributed by atoms with van der Waals surface area (Å²) in [5.41, 5.74) is -0.144. The van der Waals surface area contributed by atoms with E-state index < -0.39 is 17.8 Å². The fraction of sp³-hybridized carbons (Fsp3) is 0.0625. The Morgan fingerprint density at radius 3 is 2.43 bits per heavy atom. The highest BCUT2D eigenvalue weighted by Gasteiger charge is 2.31. The summed E-state index contributed by atoms with van der Waals surface area (Å²) in [5.74, 6) is 0. The van der Waals surface area contributed by atoms with Crippen molar-refractivity contribution in [1.82, 2.24) is 5.32 Å². The highest BCUT2D eigenvalue weighted by Crippen LogP contribution is 2.33. The van der Waals surface area contributed by atoms with Crippen molar-refractivity contribution in [2.75, 3.05) is 5.32 Å². The summed E-state index contributed by atoms with van der Waals surface area (Å²) >= 11 is 5.79. The molecule has 120 valence electrons. The number of nitrogens with one attached hydrogen (secondary N) is 2. The van der Waals surface area contributed by atoms with E-state index in [2.05, 4.69) is 10.6 Å². The van der Waals surface area contributed by atoms with Crippen molar-refractivity contribution in [2.45, 2.75) is 6.18 Å². The second-order valence-corrected chi connectivity index (χ2v) is 4.94. The van der Waals surface area contributed by atoms with Crippen LogP contribution in [-0.2, 0) is 6.18 Å². The Morgan fingerprint density at radius 2 is 1.78 bits per heavy atom. The van der Waals surface area contributed by atoms with Crippen LogP contribution in [0.3, 0.4) is 0 Å². The standard InChI is InChI=1S/C16H12ClF3N2O/c17-13-7-6-12(16(18,19)20)10-14(13)22-15(23)21-9-8-11-4-2-1-3-5-11/h1-10H,(H2,21,22,23)/b9-8+. The highest BCUT2D eigenvalue weighted by molar-refractivity contribution is 6.33. The van der Waals surface area contributed by atoms with Crippen molar-refractivity contribution in [3.05, 3.63) is 70.9 Å². The van der Waals surface area contributed by atoms with Gasteiger partial charge in [0.1, 0.15) is 0 Å². The molecule has 0 fully saturated rings. The number of hydrogen-bond acceptors (Lipinski definition) is 1. The predicted molar refractivity (Wildman–Crippen MR) is 84.1 cm³/mol. The van der Waals surface area contributed by atoms with Crippen molar-refractivity contribution in [3.8, 4) is 0 Å². The van der Waals surface area contributed by atoms with Crippen LogP contribution in [-0.4, -0.2) is 6.03 Å². The van der Waals surface area contributed by atoms with E-state index in [0.29, 0.717) is 0 Å². The largest absolute Gasteiger partial charge is 0.416 e. The van der Waals surface area contributed by atoms with Crippen LogP contribution in [0.5, 0.6) is 0 Å². The van der Waals surface area contributed by atoms with Crippen LogP contribution in [0.25, 0.3) is 6.08 Å². The topological polar surface area (TPSA) is 41.1 Å². The number of alkyl halides is 3. The first-order chi connectivity index (χ1) is 10.9. The predicted octanol–water partition coefficient (Wildman–Crippen LogP) is 5.15. The lowest BCUT2D eigenvalue weighted by molar-refractivity contribution is -0.137. The third-order valence-electron chi connectivity index (χ3n) is 2.83. The second-order valence-electron chi connectivity index (χ2n) is 4.53. The number of urea groups is 1. The molecule has 2 rings (SSSR count).